The molecule has 1 N–H and O–H groups in total. The Morgan fingerprint density at radius 1 is 1.19 bits per heavy atom. The summed E-state index contributed by atoms with van der Waals surface area (Å²) in [6, 6.07) is 1.02. The molecule has 0 radical (unpaired) electrons. The Kier molecular flexibility index (Phi) is 5.80. The van der Waals surface area contributed by atoms with Gasteiger partial charge in [-0.1, -0.05) is 6.92 Å². The number of likely N-dealkylation sites (tertiary alicyclic amines) is 2. The monoisotopic (exact) mass is 365 g/mol. The number of piperidine rings is 1. The minimum atomic E-state index is -0.761. The van der Waals surface area contributed by atoms with Crippen LogP contribution in [0.15, 0.2) is 0 Å². The van der Waals surface area contributed by atoms with Crippen LogP contribution in [-0.2, 0) is 4.79 Å². The van der Waals surface area contributed by atoms with Gasteiger partial charge in [0.1, 0.15) is 0 Å². The second kappa shape index (κ2) is 7.75. The molecule has 26 heavy (non-hydrogen) atoms. The first-order valence-corrected chi connectivity index (χ1v) is 10.4. The molecule has 6 nitrogen and oxygen atoms in total. The maximum absolute atomic E-state index is 11.9. The van der Waals surface area contributed by atoms with Crippen LogP contribution < -0.4 is 0 Å². The van der Waals surface area contributed by atoms with E-state index in [2.05, 4.69) is 23.6 Å². The zero-order valence-electron chi connectivity index (χ0n) is 16.6. The minimum absolute atomic E-state index is 0.201. The van der Waals surface area contributed by atoms with Crippen molar-refractivity contribution in [2.45, 2.75) is 71.4 Å². The van der Waals surface area contributed by atoms with Crippen LogP contribution in [-0.4, -0.2) is 76.6 Å². The number of carbonyl (C=O) groups is 2. The first kappa shape index (κ1) is 19.5. The van der Waals surface area contributed by atoms with Gasteiger partial charge in [-0.05, 0) is 69.9 Å². The van der Waals surface area contributed by atoms with Crippen LogP contribution in [0.25, 0.3) is 0 Å². The number of hydrogen-bond donors (Lipinski definition) is 1. The molecule has 2 aliphatic heterocycles. The highest BCUT2D eigenvalue weighted by atomic mass is 16.4. The average Bonchev–Trinajstić information content (AvgIpc) is 3.04. The molecule has 0 aromatic rings. The summed E-state index contributed by atoms with van der Waals surface area (Å²) in [4.78, 5) is 29.4. The molecule has 1 saturated carbocycles. The second-order valence-corrected chi connectivity index (χ2v) is 8.67. The highest BCUT2D eigenvalue weighted by Gasteiger charge is 2.51. The SMILES string of the molecule is CCC(C1CCN(C2CC3(CCN(C(=O)O)C3)C2)CC1)N(CC)C(C)=O. The number of nitrogens with zero attached hydrogens (tertiary/aromatic N) is 3. The molecule has 2 amide bonds. The lowest BCUT2D eigenvalue weighted by molar-refractivity contribution is -0.132. The molecule has 1 unspecified atom stereocenters. The lowest BCUT2D eigenvalue weighted by Gasteiger charge is -2.52. The number of amides is 2. The van der Waals surface area contributed by atoms with Crippen molar-refractivity contribution in [3.63, 3.8) is 0 Å². The van der Waals surface area contributed by atoms with Crippen molar-refractivity contribution in [2.75, 3.05) is 32.7 Å². The number of hydrogen-bond acceptors (Lipinski definition) is 3. The van der Waals surface area contributed by atoms with Gasteiger partial charge in [-0.25, -0.2) is 4.79 Å². The Labute approximate surface area is 157 Å². The molecule has 0 aromatic heterocycles. The van der Waals surface area contributed by atoms with Crippen LogP contribution in [0.5, 0.6) is 0 Å². The summed E-state index contributed by atoms with van der Waals surface area (Å²) in [5, 5.41) is 9.18. The molecular weight excluding hydrogens is 330 g/mol. The van der Waals surface area contributed by atoms with Gasteiger partial charge >= 0.3 is 6.09 Å². The molecule has 0 bridgehead atoms. The smallest absolute Gasteiger partial charge is 0.407 e. The van der Waals surface area contributed by atoms with Crippen molar-refractivity contribution in [1.82, 2.24) is 14.7 Å². The Balaban J connectivity index is 1.48. The van der Waals surface area contributed by atoms with Crippen molar-refractivity contribution >= 4 is 12.0 Å². The molecule has 3 fully saturated rings. The summed E-state index contributed by atoms with van der Waals surface area (Å²) in [5.41, 5.74) is 0.263. The zero-order chi connectivity index (χ0) is 18.9. The topological polar surface area (TPSA) is 64.1 Å². The summed E-state index contributed by atoms with van der Waals surface area (Å²) in [5.74, 6) is 0.815. The van der Waals surface area contributed by atoms with E-state index in [0.717, 1.165) is 51.9 Å². The van der Waals surface area contributed by atoms with Gasteiger partial charge in [0.2, 0.25) is 5.91 Å². The highest BCUT2D eigenvalue weighted by Crippen LogP contribution is 2.50. The van der Waals surface area contributed by atoms with Gasteiger partial charge in [0, 0.05) is 38.6 Å². The highest BCUT2D eigenvalue weighted by molar-refractivity contribution is 5.73. The quantitative estimate of drug-likeness (QED) is 0.814. The largest absolute Gasteiger partial charge is 0.465 e. The van der Waals surface area contributed by atoms with E-state index in [1.54, 1.807) is 11.8 Å². The van der Waals surface area contributed by atoms with E-state index in [0.29, 0.717) is 24.5 Å². The van der Waals surface area contributed by atoms with Crippen LogP contribution >= 0.6 is 0 Å². The van der Waals surface area contributed by atoms with Gasteiger partial charge in [-0.3, -0.25) is 4.79 Å². The van der Waals surface area contributed by atoms with Crippen LogP contribution in [0.2, 0.25) is 0 Å². The Morgan fingerprint density at radius 2 is 1.85 bits per heavy atom. The van der Waals surface area contributed by atoms with E-state index in [9.17, 15) is 14.7 Å². The summed E-state index contributed by atoms with van der Waals surface area (Å²) < 4.78 is 0. The van der Waals surface area contributed by atoms with Gasteiger partial charge in [0.15, 0.2) is 0 Å². The third kappa shape index (κ3) is 3.71. The van der Waals surface area contributed by atoms with Crippen LogP contribution in [0.3, 0.4) is 0 Å². The van der Waals surface area contributed by atoms with Crippen LogP contribution in [0.4, 0.5) is 4.79 Å². The van der Waals surface area contributed by atoms with Gasteiger partial charge in [0.05, 0.1) is 0 Å². The van der Waals surface area contributed by atoms with E-state index in [-0.39, 0.29) is 11.3 Å². The molecule has 2 heterocycles. The predicted octanol–water partition coefficient (Wildman–Crippen LogP) is 2.88. The van der Waals surface area contributed by atoms with Gasteiger partial charge in [-0.2, -0.15) is 0 Å². The van der Waals surface area contributed by atoms with Crippen molar-refractivity contribution in [2.24, 2.45) is 11.3 Å². The molecule has 2 saturated heterocycles. The minimum Gasteiger partial charge on any atom is -0.465 e. The second-order valence-electron chi connectivity index (χ2n) is 8.67. The van der Waals surface area contributed by atoms with Crippen molar-refractivity contribution in [3.05, 3.63) is 0 Å². The van der Waals surface area contributed by atoms with E-state index < -0.39 is 6.09 Å². The number of carboxylic acid groups (broad SMARTS) is 1. The summed E-state index contributed by atoms with van der Waals surface area (Å²) in [6.45, 7) is 10.5. The van der Waals surface area contributed by atoms with E-state index in [1.807, 2.05) is 0 Å². The molecule has 0 aromatic carbocycles. The molecule has 3 aliphatic rings. The van der Waals surface area contributed by atoms with Gasteiger partial charge in [-0.15, -0.1) is 0 Å². The van der Waals surface area contributed by atoms with Crippen molar-refractivity contribution < 1.29 is 14.7 Å². The Bertz CT molecular complexity index is 524. The standard InChI is InChI=1S/C20H35N3O3/c1-4-18(23(5-2)15(3)24)16-6-9-21(10-7-16)17-12-20(13-17)8-11-22(14-20)19(25)26/h16-18H,4-14H2,1-3H3,(H,25,26). The van der Waals surface area contributed by atoms with E-state index in [1.165, 1.54) is 12.8 Å². The van der Waals surface area contributed by atoms with Crippen LogP contribution in [0.1, 0.15) is 59.3 Å². The van der Waals surface area contributed by atoms with Gasteiger partial charge in [0.25, 0.3) is 0 Å². The first-order valence-electron chi connectivity index (χ1n) is 10.4. The van der Waals surface area contributed by atoms with Gasteiger partial charge < -0.3 is 19.8 Å². The fourth-order valence-corrected chi connectivity index (χ4v) is 5.80. The summed E-state index contributed by atoms with van der Waals surface area (Å²) in [7, 11) is 0. The molecule has 1 aliphatic carbocycles. The summed E-state index contributed by atoms with van der Waals surface area (Å²) >= 11 is 0. The first-order chi connectivity index (χ1) is 12.4. The molecule has 1 spiro atoms. The lowest BCUT2D eigenvalue weighted by Crippen LogP contribution is -2.55. The number of rotatable bonds is 5. The zero-order valence-corrected chi connectivity index (χ0v) is 16.6. The average molecular weight is 366 g/mol. The number of carbonyl (C=O) groups excluding carboxylic acids is 1. The molecule has 6 heteroatoms. The summed E-state index contributed by atoms with van der Waals surface area (Å²) in [6.07, 6.45) is 5.98. The fraction of sp³-hybridized carbons (Fsp3) is 0.900. The predicted molar refractivity (Wildman–Crippen MR) is 101 cm³/mol. The molecule has 148 valence electrons. The maximum atomic E-state index is 11.9. The lowest BCUT2D eigenvalue weighted by atomic mass is 9.64. The Hall–Kier alpha value is -1.30. The maximum Gasteiger partial charge on any atom is 0.407 e. The Morgan fingerprint density at radius 3 is 2.31 bits per heavy atom. The van der Waals surface area contributed by atoms with Crippen molar-refractivity contribution in [1.29, 1.82) is 0 Å². The molecule has 1 atom stereocenters. The molecular formula is C20H35N3O3. The van der Waals surface area contributed by atoms with Crippen LogP contribution in [0, 0.1) is 11.3 Å². The van der Waals surface area contributed by atoms with E-state index >= 15 is 0 Å². The van der Waals surface area contributed by atoms with E-state index in [4.69, 9.17) is 0 Å². The third-order valence-corrected chi connectivity index (χ3v) is 7.24. The fourth-order valence-electron chi connectivity index (χ4n) is 5.80. The normalized spacial score (nSPS) is 31.0. The molecule has 3 rings (SSSR count). The third-order valence-electron chi connectivity index (χ3n) is 7.24. The van der Waals surface area contributed by atoms with Crippen molar-refractivity contribution in [3.8, 4) is 0 Å².